The molecule has 0 radical (unpaired) electrons. The van der Waals surface area contributed by atoms with Gasteiger partial charge in [0.1, 0.15) is 0 Å². The maximum atomic E-state index is 5.43. The van der Waals surface area contributed by atoms with Gasteiger partial charge in [-0.15, -0.1) is 0 Å². The normalized spacial score (nSPS) is 18.2. The number of hydrogen-bond donors (Lipinski definition) is 1. The molecule has 3 heteroatoms. The minimum absolute atomic E-state index is 0.748. The van der Waals surface area contributed by atoms with Gasteiger partial charge in [0.05, 0.1) is 11.4 Å². The molecule has 0 saturated carbocycles. The largest absolute Gasteiger partial charge is 0.284 e. The molecule has 2 N–H and O–H groups in total. The van der Waals surface area contributed by atoms with Crippen molar-refractivity contribution in [1.82, 2.24) is 5.01 Å². The SMILES string of the molecule is C=C1C(C)=NC=CN1N. The van der Waals surface area contributed by atoms with E-state index < -0.39 is 0 Å². The molecule has 3 nitrogen and oxygen atoms in total. The highest BCUT2D eigenvalue weighted by molar-refractivity contribution is 5.98. The van der Waals surface area contributed by atoms with Crippen LogP contribution in [-0.2, 0) is 0 Å². The molecule has 0 aliphatic carbocycles. The molecular weight excluding hydrogens is 114 g/mol. The first-order valence-corrected chi connectivity index (χ1v) is 2.66. The summed E-state index contributed by atoms with van der Waals surface area (Å²) < 4.78 is 0. The van der Waals surface area contributed by atoms with Crippen LogP contribution in [0.25, 0.3) is 0 Å². The average molecular weight is 123 g/mol. The van der Waals surface area contributed by atoms with Crippen molar-refractivity contribution in [1.29, 1.82) is 0 Å². The molecule has 0 aromatic carbocycles. The van der Waals surface area contributed by atoms with Gasteiger partial charge in [-0.2, -0.15) is 0 Å². The zero-order valence-corrected chi connectivity index (χ0v) is 5.33. The molecule has 48 valence electrons. The van der Waals surface area contributed by atoms with Gasteiger partial charge in [-0.05, 0) is 6.92 Å². The number of allylic oxidation sites excluding steroid dienone is 1. The molecule has 9 heavy (non-hydrogen) atoms. The molecule has 0 spiro atoms. The monoisotopic (exact) mass is 123 g/mol. The number of aliphatic imine (C=N–C) groups is 1. The van der Waals surface area contributed by atoms with Crippen LogP contribution in [0.3, 0.4) is 0 Å². The van der Waals surface area contributed by atoms with Gasteiger partial charge in [0.15, 0.2) is 0 Å². The van der Waals surface area contributed by atoms with Crippen molar-refractivity contribution in [3.05, 3.63) is 24.7 Å². The quantitative estimate of drug-likeness (QED) is 0.480. The lowest BCUT2D eigenvalue weighted by Crippen LogP contribution is -2.28. The first-order chi connectivity index (χ1) is 4.22. The molecule has 1 heterocycles. The molecule has 0 saturated heterocycles. The summed E-state index contributed by atoms with van der Waals surface area (Å²) in [7, 11) is 0. The molecule has 0 fully saturated rings. The summed E-state index contributed by atoms with van der Waals surface area (Å²) in [5.41, 5.74) is 1.61. The summed E-state index contributed by atoms with van der Waals surface area (Å²) in [5.74, 6) is 5.43. The van der Waals surface area contributed by atoms with Crippen LogP contribution in [0.4, 0.5) is 0 Å². The van der Waals surface area contributed by atoms with Gasteiger partial charge in [0.2, 0.25) is 0 Å². The lowest BCUT2D eigenvalue weighted by Gasteiger charge is -2.18. The molecule has 0 unspecified atom stereocenters. The van der Waals surface area contributed by atoms with Crippen LogP contribution in [-0.4, -0.2) is 10.7 Å². The Morgan fingerprint density at radius 3 is 2.89 bits per heavy atom. The van der Waals surface area contributed by atoms with E-state index in [0.29, 0.717) is 0 Å². The van der Waals surface area contributed by atoms with Gasteiger partial charge < -0.3 is 0 Å². The standard InChI is InChI=1S/C6H9N3/c1-5-6(2)9(7)4-3-8-5/h3-4H,2,7H2,1H3. The molecule has 0 aromatic rings. The van der Waals surface area contributed by atoms with E-state index in [9.17, 15) is 0 Å². The first-order valence-electron chi connectivity index (χ1n) is 2.66. The predicted octanol–water partition coefficient (Wildman–Crippen LogP) is 0.622. The minimum Gasteiger partial charge on any atom is -0.284 e. The van der Waals surface area contributed by atoms with Gasteiger partial charge >= 0.3 is 0 Å². The Balaban J connectivity index is 2.86. The smallest absolute Gasteiger partial charge is 0.0709 e. The van der Waals surface area contributed by atoms with E-state index in [1.807, 2.05) is 6.92 Å². The van der Waals surface area contributed by atoms with Crippen molar-refractivity contribution in [2.45, 2.75) is 6.92 Å². The Morgan fingerprint density at radius 2 is 2.44 bits per heavy atom. The average Bonchev–Trinajstić information content (AvgIpc) is 1.83. The molecule has 0 atom stereocenters. The third-order valence-corrected chi connectivity index (χ3v) is 1.22. The van der Waals surface area contributed by atoms with Crippen molar-refractivity contribution >= 4 is 5.71 Å². The van der Waals surface area contributed by atoms with Crippen molar-refractivity contribution in [2.75, 3.05) is 0 Å². The van der Waals surface area contributed by atoms with E-state index in [4.69, 9.17) is 5.84 Å². The molecule has 0 amide bonds. The number of hydrazine groups is 1. The van der Waals surface area contributed by atoms with Gasteiger partial charge in [-0.3, -0.25) is 10.0 Å². The van der Waals surface area contributed by atoms with Crippen molar-refractivity contribution in [3.63, 3.8) is 0 Å². The number of rotatable bonds is 0. The molecule has 1 aliphatic rings. The molecule has 0 aromatic heterocycles. The molecule has 1 aliphatic heterocycles. The van der Waals surface area contributed by atoms with Crippen LogP contribution >= 0.6 is 0 Å². The Bertz CT molecular complexity index is 190. The summed E-state index contributed by atoms with van der Waals surface area (Å²) in [6, 6.07) is 0. The Morgan fingerprint density at radius 1 is 1.78 bits per heavy atom. The zero-order chi connectivity index (χ0) is 6.85. The zero-order valence-electron chi connectivity index (χ0n) is 5.33. The van der Waals surface area contributed by atoms with E-state index in [1.165, 1.54) is 5.01 Å². The Kier molecular flexibility index (Phi) is 1.36. The second kappa shape index (κ2) is 2.03. The fourth-order valence-corrected chi connectivity index (χ4v) is 0.568. The summed E-state index contributed by atoms with van der Waals surface area (Å²) in [5, 5.41) is 1.45. The van der Waals surface area contributed by atoms with Crippen LogP contribution in [0.15, 0.2) is 29.7 Å². The lowest BCUT2D eigenvalue weighted by atomic mass is 10.3. The van der Waals surface area contributed by atoms with Crippen LogP contribution < -0.4 is 5.84 Å². The fourth-order valence-electron chi connectivity index (χ4n) is 0.568. The highest BCUT2D eigenvalue weighted by Crippen LogP contribution is 2.04. The van der Waals surface area contributed by atoms with Crippen LogP contribution in [0.1, 0.15) is 6.92 Å². The van der Waals surface area contributed by atoms with Crippen LogP contribution in [0.2, 0.25) is 0 Å². The van der Waals surface area contributed by atoms with Crippen molar-refractivity contribution < 1.29 is 0 Å². The molecule has 1 rings (SSSR count). The predicted molar refractivity (Wildman–Crippen MR) is 37.4 cm³/mol. The van der Waals surface area contributed by atoms with E-state index in [-0.39, 0.29) is 0 Å². The van der Waals surface area contributed by atoms with Crippen LogP contribution in [0, 0.1) is 0 Å². The van der Waals surface area contributed by atoms with Crippen molar-refractivity contribution in [2.24, 2.45) is 10.8 Å². The maximum Gasteiger partial charge on any atom is 0.0709 e. The highest BCUT2D eigenvalue weighted by atomic mass is 15.4. The van der Waals surface area contributed by atoms with E-state index in [1.54, 1.807) is 12.4 Å². The third kappa shape index (κ3) is 1.000. The number of nitrogens with two attached hydrogens (primary N) is 1. The second-order valence-electron chi connectivity index (χ2n) is 1.87. The lowest BCUT2D eigenvalue weighted by molar-refractivity contribution is 0.513. The summed E-state index contributed by atoms with van der Waals surface area (Å²) in [6.07, 6.45) is 3.30. The Hall–Kier alpha value is -1.09. The first kappa shape index (κ1) is 6.04. The summed E-state index contributed by atoms with van der Waals surface area (Å²) >= 11 is 0. The maximum absolute atomic E-state index is 5.43. The van der Waals surface area contributed by atoms with Crippen molar-refractivity contribution in [3.8, 4) is 0 Å². The van der Waals surface area contributed by atoms with Gasteiger partial charge in [-0.25, -0.2) is 5.84 Å². The minimum atomic E-state index is 0.748. The second-order valence-corrected chi connectivity index (χ2v) is 1.87. The van der Waals surface area contributed by atoms with E-state index in [0.717, 1.165) is 11.4 Å². The topological polar surface area (TPSA) is 41.6 Å². The van der Waals surface area contributed by atoms with Gasteiger partial charge in [0.25, 0.3) is 0 Å². The number of hydrogen-bond acceptors (Lipinski definition) is 3. The third-order valence-electron chi connectivity index (χ3n) is 1.22. The van der Waals surface area contributed by atoms with Gasteiger partial charge in [0, 0.05) is 12.4 Å². The molecular formula is C6H9N3. The highest BCUT2D eigenvalue weighted by Gasteiger charge is 2.04. The van der Waals surface area contributed by atoms with Gasteiger partial charge in [-0.1, -0.05) is 6.58 Å². The summed E-state index contributed by atoms with van der Waals surface area (Å²) in [4.78, 5) is 3.98. The van der Waals surface area contributed by atoms with E-state index >= 15 is 0 Å². The van der Waals surface area contributed by atoms with Crippen LogP contribution in [0.5, 0.6) is 0 Å². The fraction of sp³-hybridized carbons (Fsp3) is 0.167. The Labute approximate surface area is 54.1 Å². The summed E-state index contributed by atoms with van der Waals surface area (Å²) in [6.45, 7) is 5.56. The molecule has 0 bridgehead atoms. The van der Waals surface area contributed by atoms with E-state index in [2.05, 4.69) is 11.6 Å². The number of nitrogens with zero attached hydrogens (tertiary/aromatic N) is 2.